The van der Waals surface area contributed by atoms with Crippen molar-refractivity contribution in [1.82, 2.24) is 5.32 Å². The number of nitrogens with zero attached hydrogens (tertiary/aromatic N) is 1. The number of rotatable bonds is 3. The van der Waals surface area contributed by atoms with E-state index in [9.17, 15) is 17.6 Å². The monoisotopic (exact) mass is 278 g/mol. The first-order valence-electron chi connectivity index (χ1n) is 5.90. The predicted molar refractivity (Wildman–Crippen MR) is 63.0 cm³/mol. The van der Waals surface area contributed by atoms with Gasteiger partial charge in [0, 0.05) is 32.2 Å². The molecule has 19 heavy (non-hydrogen) atoms. The standard InChI is InChI=1S/C12H14F4N2O/c13-9-1-2-11(19-8-12(14,15)16)10(7-9)18-5-3-17-4-6-18/h1-2,7,17H,3-6,8H2. The molecule has 0 aromatic heterocycles. The summed E-state index contributed by atoms with van der Waals surface area (Å²) in [4.78, 5) is 1.81. The number of anilines is 1. The summed E-state index contributed by atoms with van der Waals surface area (Å²) in [6.45, 7) is 1.24. The number of nitrogens with one attached hydrogen (secondary N) is 1. The summed E-state index contributed by atoms with van der Waals surface area (Å²) >= 11 is 0. The van der Waals surface area contributed by atoms with Gasteiger partial charge in [0.2, 0.25) is 0 Å². The largest absolute Gasteiger partial charge is 0.482 e. The van der Waals surface area contributed by atoms with Crippen LogP contribution < -0.4 is 15.0 Å². The van der Waals surface area contributed by atoms with Crippen LogP contribution in [-0.2, 0) is 0 Å². The minimum Gasteiger partial charge on any atom is -0.482 e. The van der Waals surface area contributed by atoms with Crippen LogP contribution in [0.15, 0.2) is 18.2 Å². The average molecular weight is 278 g/mol. The van der Waals surface area contributed by atoms with Crippen molar-refractivity contribution >= 4 is 5.69 Å². The Bertz CT molecular complexity index is 430. The summed E-state index contributed by atoms with van der Waals surface area (Å²) in [7, 11) is 0. The van der Waals surface area contributed by atoms with Crippen molar-refractivity contribution in [3.8, 4) is 5.75 Å². The molecule has 2 rings (SSSR count). The van der Waals surface area contributed by atoms with Crippen molar-refractivity contribution in [3.63, 3.8) is 0 Å². The van der Waals surface area contributed by atoms with Crippen LogP contribution in [0.5, 0.6) is 5.75 Å². The van der Waals surface area contributed by atoms with E-state index < -0.39 is 18.6 Å². The molecule has 3 nitrogen and oxygen atoms in total. The highest BCUT2D eigenvalue weighted by molar-refractivity contribution is 5.59. The molecule has 1 aromatic rings. The van der Waals surface area contributed by atoms with E-state index in [0.717, 1.165) is 6.07 Å². The number of halogens is 4. The maximum atomic E-state index is 13.3. The zero-order valence-electron chi connectivity index (χ0n) is 10.1. The van der Waals surface area contributed by atoms with Gasteiger partial charge in [-0.3, -0.25) is 0 Å². The average Bonchev–Trinajstić information content (AvgIpc) is 2.37. The van der Waals surface area contributed by atoms with Crippen LogP contribution in [0.25, 0.3) is 0 Å². The maximum Gasteiger partial charge on any atom is 0.422 e. The first-order chi connectivity index (χ1) is 8.96. The van der Waals surface area contributed by atoms with Gasteiger partial charge in [0.05, 0.1) is 5.69 Å². The van der Waals surface area contributed by atoms with Gasteiger partial charge in [-0.2, -0.15) is 13.2 Å². The van der Waals surface area contributed by atoms with Crippen molar-refractivity contribution in [2.24, 2.45) is 0 Å². The van der Waals surface area contributed by atoms with Crippen LogP contribution in [0, 0.1) is 5.82 Å². The third kappa shape index (κ3) is 3.99. The summed E-state index contributed by atoms with van der Waals surface area (Å²) in [6.07, 6.45) is -4.41. The van der Waals surface area contributed by atoms with Crippen molar-refractivity contribution in [3.05, 3.63) is 24.0 Å². The molecular weight excluding hydrogens is 264 g/mol. The minimum absolute atomic E-state index is 0.0561. The summed E-state index contributed by atoms with van der Waals surface area (Å²) in [5, 5.41) is 3.12. The minimum atomic E-state index is -4.41. The number of hydrogen-bond donors (Lipinski definition) is 1. The summed E-state index contributed by atoms with van der Waals surface area (Å²) < 4.78 is 54.5. The first-order valence-corrected chi connectivity index (χ1v) is 5.90. The second kappa shape index (κ2) is 5.64. The normalized spacial score (nSPS) is 16.5. The molecule has 1 saturated heterocycles. The molecule has 106 valence electrons. The number of piperazine rings is 1. The van der Waals surface area contributed by atoms with Crippen molar-refractivity contribution in [2.45, 2.75) is 6.18 Å². The Kier molecular flexibility index (Phi) is 4.14. The molecule has 0 spiro atoms. The highest BCUT2D eigenvalue weighted by Gasteiger charge is 2.29. The van der Waals surface area contributed by atoms with Crippen LogP contribution in [0.2, 0.25) is 0 Å². The molecule has 1 heterocycles. The van der Waals surface area contributed by atoms with Crippen LogP contribution in [0.3, 0.4) is 0 Å². The highest BCUT2D eigenvalue weighted by Crippen LogP contribution is 2.31. The zero-order chi connectivity index (χ0) is 13.9. The number of alkyl halides is 3. The van der Waals surface area contributed by atoms with Gasteiger partial charge in [-0.15, -0.1) is 0 Å². The van der Waals surface area contributed by atoms with Crippen LogP contribution in [0.4, 0.5) is 23.2 Å². The molecular formula is C12H14F4N2O. The molecule has 0 bridgehead atoms. The Labute approximate surface area is 108 Å². The zero-order valence-corrected chi connectivity index (χ0v) is 10.1. The molecule has 0 saturated carbocycles. The quantitative estimate of drug-likeness (QED) is 0.858. The second-order valence-electron chi connectivity index (χ2n) is 4.25. The molecule has 1 aromatic carbocycles. The molecule has 1 N–H and O–H groups in total. The second-order valence-corrected chi connectivity index (χ2v) is 4.25. The molecule has 0 radical (unpaired) electrons. The van der Waals surface area contributed by atoms with E-state index in [4.69, 9.17) is 4.74 Å². The lowest BCUT2D eigenvalue weighted by Crippen LogP contribution is -2.43. The molecule has 0 unspecified atom stereocenters. The lowest BCUT2D eigenvalue weighted by atomic mass is 10.2. The van der Waals surface area contributed by atoms with Gasteiger partial charge in [0.1, 0.15) is 11.6 Å². The Hall–Kier alpha value is -1.50. The van der Waals surface area contributed by atoms with Gasteiger partial charge in [0.15, 0.2) is 6.61 Å². The van der Waals surface area contributed by atoms with E-state index >= 15 is 0 Å². The highest BCUT2D eigenvalue weighted by atomic mass is 19.4. The molecule has 0 amide bonds. The number of benzene rings is 1. The van der Waals surface area contributed by atoms with Gasteiger partial charge >= 0.3 is 6.18 Å². The predicted octanol–water partition coefficient (Wildman–Crippen LogP) is 2.18. The van der Waals surface area contributed by atoms with Crippen molar-refractivity contribution < 1.29 is 22.3 Å². The maximum absolute atomic E-state index is 13.3. The van der Waals surface area contributed by atoms with E-state index in [1.165, 1.54) is 12.1 Å². The van der Waals surface area contributed by atoms with Crippen LogP contribution >= 0.6 is 0 Å². The number of hydrogen-bond acceptors (Lipinski definition) is 3. The van der Waals surface area contributed by atoms with Crippen molar-refractivity contribution in [1.29, 1.82) is 0 Å². The lowest BCUT2D eigenvalue weighted by molar-refractivity contribution is -0.153. The van der Waals surface area contributed by atoms with Gasteiger partial charge in [-0.05, 0) is 12.1 Å². The topological polar surface area (TPSA) is 24.5 Å². The van der Waals surface area contributed by atoms with Gasteiger partial charge in [-0.25, -0.2) is 4.39 Å². The smallest absolute Gasteiger partial charge is 0.422 e. The summed E-state index contributed by atoms with van der Waals surface area (Å²) in [6, 6.07) is 3.53. The first kappa shape index (κ1) is 13.9. The van der Waals surface area contributed by atoms with Gasteiger partial charge in [-0.1, -0.05) is 0 Å². The van der Waals surface area contributed by atoms with E-state index in [-0.39, 0.29) is 5.75 Å². The Balaban J connectivity index is 2.17. The third-order valence-electron chi connectivity index (χ3n) is 2.77. The SMILES string of the molecule is Fc1ccc(OCC(F)(F)F)c(N2CCNCC2)c1. The van der Waals surface area contributed by atoms with Gasteiger partial charge in [0.25, 0.3) is 0 Å². The molecule has 0 aliphatic carbocycles. The fourth-order valence-corrected chi connectivity index (χ4v) is 1.93. The fourth-order valence-electron chi connectivity index (χ4n) is 1.93. The third-order valence-corrected chi connectivity index (χ3v) is 2.77. The molecule has 7 heteroatoms. The summed E-state index contributed by atoms with van der Waals surface area (Å²) in [5.41, 5.74) is 0.366. The van der Waals surface area contributed by atoms with E-state index in [0.29, 0.717) is 31.9 Å². The van der Waals surface area contributed by atoms with Crippen LogP contribution in [0.1, 0.15) is 0 Å². The Morgan fingerprint density at radius 3 is 2.53 bits per heavy atom. The van der Waals surface area contributed by atoms with E-state index in [2.05, 4.69) is 5.32 Å². The lowest BCUT2D eigenvalue weighted by Gasteiger charge is -2.30. The van der Waals surface area contributed by atoms with Gasteiger partial charge < -0.3 is 15.0 Å². The Morgan fingerprint density at radius 1 is 1.21 bits per heavy atom. The van der Waals surface area contributed by atoms with E-state index in [1.807, 2.05) is 4.90 Å². The molecule has 0 atom stereocenters. The molecule has 1 aliphatic rings. The Morgan fingerprint density at radius 2 is 1.89 bits per heavy atom. The van der Waals surface area contributed by atoms with Crippen molar-refractivity contribution in [2.75, 3.05) is 37.7 Å². The fraction of sp³-hybridized carbons (Fsp3) is 0.500. The van der Waals surface area contributed by atoms with E-state index in [1.54, 1.807) is 0 Å². The number of ether oxygens (including phenoxy) is 1. The molecule has 1 aliphatic heterocycles. The summed E-state index contributed by atoms with van der Waals surface area (Å²) in [5.74, 6) is -0.437. The molecule has 1 fully saturated rings. The van der Waals surface area contributed by atoms with Crippen LogP contribution in [-0.4, -0.2) is 39.0 Å².